The third kappa shape index (κ3) is 2.41. The van der Waals surface area contributed by atoms with Crippen molar-refractivity contribution in [3.05, 3.63) is 28.1 Å². The highest BCUT2D eigenvalue weighted by molar-refractivity contribution is 5.71. The van der Waals surface area contributed by atoms with E-state index in [2.05, 4.69) is 13.8 Å². The van der Waals surface area contributed by atoms with Crippen molar-refractivity contribution in [2.24, 2.45) is 0 Å². The van der Waals surface area contributed by atoms with Gasteiger partial charge >= 0.3 is 6.09 Å². The number of pyridine rings is 1. The Labute approximate surface area is 126 Å². The molecule has 1 amide bonds. The first kappa shape index (κ1) is 14.4. The van der Waals surface area contributed by atoms with E-state index < -0.39 is 5.60 Å². The number of hydrogen-bond acceptors (Lipinski definition) is 3. The minimum Gasteiger partial charge on any atom is -0.444 e. The van der Waals surface area contributed by atoms with E-state index in [1.54, 1.807) is 0 Å². The highest BCUT2D eigenvalue weighted by atomic mass is 16.6. The van der Waals surface area contributed by atoms with E-state index in [9.17, 15) is 4.79 Å². The molecule has 0 fully saturated rings. The minimum atomic E-state index is -0.452. The summed E-state index contributed by atoms with van der Waals surface area (Å²) in [5.74, 6) is 0. The lowest BCUT2D eigenvalue weighted by atomic mass is 9.88. The van der Waals surface area contributed by atoms with E-state index in [1.807, 2.05) is 25.7 Å². The number of ether oxygens (including phenoxy) is 1. The maximum Gasteiger partial charge on any atom is 0.411 e. The SMILES string of the molecule is Cc1nc2c3c(c1C)CN(C(=O)OC(C)(C)C)[C@H]3CCC2. The first-order chi connectivity index (χ1) is 9.78. The quantitative estimate of drug-likeness (QED) is 0.728. The highest BCUT2D eigenvalue weighted by Crippen LogP contribution is 2.44. The molecule has 4 nitrogen and oxygen atoms in total. The molecule has 114 valence electrons. The van der Waals surface area contributed by atoms with Crippen molar-refractivity contribution < 1.29 is 9.53 Å². The third-order valence-corrected chi connectivity index (χ3v) is 4.49. The largest absolute Gasteiger partial charge is 0.444 e. The van der Waals surface area contributed by atoms with Crippen LogP contribution in [0.25, 0.3) is 0 Å². The zero-order valence-corrected chi connectivity index (χ0v) is 13.6. The zero-order chi connectivity index (χ0) is 15.4. The third-order valence-electron chi connectivity index (χ3n) is 4.49. The first-order valence-electron chi connectivity index (χ1n) is 7.76. The average Bonchev–Trinajstić information content (AvgIpc) is 2.75. The molecule has 0 unspecified atom stereocenters. The van der Waals surface area contributed by atoms with Crippen LogP contribution < -0.4 is 0 Å². The van der Waals surface area contributed by atoms with Crippen LogP contribution >= 0.6 is 0 Å². The van der Waals surface area contributed by atoms with E-state index in [0.29, 0.717) is 6.54 Å². The predicted octanol–water partition coefficient (Wildman–Crippen LogP) is 3.83. The smallest absolute Gasteiger partial charge is 0.411 e. The van der Waals surface area contributed by atoms with Gasteiger partial charge in [-0.2, -0.15) is 0 Å². The van der Waals surface area contributed by atoms with Crippen molar-refractivity contribution >= 4 is 6.09 Å². The molecule has 0 saturated carbocycles. The van der Waals surface area contributed by atoms with Gasteiger partial charge in [0.2, 0.25) is 0 Å². The number of rotatable bonds is 0. The molecule has 0 spiro atoms. The number of aromatic nitrogens is 1. The van der Waals surface area contributed by atoms with Gasteiger partial charge in [-0.05, 0) is 65.0 Å². The van der Waals surface area contributed by atoms with Gasteiger partial charge in [0.1, 0.15) is 5.60 Å². The van der Waals surface area contributed by atoms with Gasteiger partial charge in [-0.15, -0.1) is 0 Å². The van der Waals surface area contributed by atoms with Crippen molar-refractivity contribution in [3.63, 3.8) is 0 Å². The van der Waals surface area contributed by atoms with Crippen LogP contribution in [0, 0.1) is 13.8 Å². The van der Waals surface area contributed by atoms with Crippen LogP contribution in [0.5, 0.6) is 0 Å². The lowest BCUT2D eigenvalue weighted by Crippen LogP contribution is -2.36. The Balaban J connectivity index is 1.98. The van der Waals surface area contributed by atoms with Crippen LogP contribution in [0.1, 0.15) is 67.7 Å². The molecular formula is C17H24N2O2. The fraction of sp³-hybridized carbons (Fsp3) is 0.647. The highest BCUT2D eigenvalue weighted by Gasteiger charge is 2.40. The number of hydrogen-bond donors (Lipinski definition) is 0. The Bertz CT molecular complexity index is 602. The van der Waals surface area contributed by atoms with Crippen molar-refractivity contribution in [1.82, 2.24) is 9.88 Å². The van der Waals surface area contributed by atoms with E-state index in [0.717, 1.165) is 25.0 Å². The van der Waals surface area contributed by atoms with Crippen molar-refractivity contribution in [3.8, 4) is 0 Å². The average molecular weight is 288 g/mol. The second-order valence-corrected chi connectivity index (χ2v) is 7.18. The summed E-state index contributed by atoms with van der Waals surface area (Å²) < 4.78 is 5.59. The molecule has 0 saturated heterocycles. The molecule has 3 rings (SSSR count). The molecule has 1 aromatic heterocycles. The zero-order valence-electron chi connectivity index (χ0n) is 13.6. The summed E-state index contributed by atoms with van der Waals surface area (Å²) >= 11 is 0. The maximum atomic E-state index is 12.5. The molecule has 0 bridgehead atoms. The molecule has 0 N–H and O–H groups in total. The van der Waals surface area contributed by atoms with E-state index in [4.69, 9.17) is 9.72 Å². The molecule has 2 heterocycles. The minimum absolute atomic E-state index is 0.158. The number of carbonyl (C=O) groups excluding carboxylic acids is 1. The summed E-state index contributed by atoms with van der Waals surface area (Å²) in [5.41, 5.74) is 5.66. The number of nitrogens with zero attached hydrogens (tertiary/aromatic N) is 2. The molecule has 1 atom stereocenters. The van der Waals surface area contributed by atoms with Gasteiger partial charge < -0.3 is 4.74 Å². The van der Waals surface area contributed by atoms with Crippen molar-refractivity contribution in [2.75, 3.05) is 0 Å². The van der Waals surface area contributed by atoms with Crippen LogP contribution in [-0.2, 0) is 17.7 Å². The molecular weight excluding hydrogens is 264 g/mol. The number of aryl methyl sites for hydroxylation is 2. The Morgan fingerprint density at radius 3 is 2.71 bits per heavy atom. The van der Waals surface area contributed by atoms with E-state index >= 15 is 0 Å². The standard InChI is InChI=1S/C17H24N2O2/c1-10-11(2)18-13-7-6-8-14-15(13)12(10)9-19(14)16(20)21-17(3,4)5/h14H,6-9H2,1-5H3/t14-/m0/s1. The summed E-state index contributed by atoms with van der Waals surface area (Å²) in [4.78, 5) is 19.2. The predicted molar refractivity (Wildman–Crippen MR) is 81.2 cm³/mol. The summed E-state index contributed by atoms with van der Waals surface area (Å²) in [6.07, 6.45) is 2.94. The molecule has 21 heavy (non-hydrogen) atoms. The fourth-order valence-corrected chi connectivity index (χ4v) is 3.44. The molecule has 1 aliphatic heterocycles. The van der Waals surface area contributed by atoms with E-state index in [1.165, 1.54) is 22.4 Å². The number of amides is 1. The Morgan fingerprint density at radius 1 is 1.33 bits per heavy atom. The van der Waals surface area contributed by atoms with Gasteiger partial charge in [0.05, 0.1) is 12.6 Å². The van der Waals surface area contributed by atoms with Crippen LogP contribution in [0.2, 0.25) is 0 Å². The van der Waals surface area contributed by atoms with Crippen LogP contribution in [0.3, 0.4) is 0 Å². The second-order valence-electron chi connectivity index (χ2n) is 7.18. The van der Waals surface area contributed by atoms with Gasteiger partial charge in [-0.25, -0.2) is 4.79 Å². The van der Waals surface area contributed by atoms with Crippen molar-refractivity contribution in [2.45, 2.75) is 72.1 Å². The Kier molecular flexibility index (Phi) is 3.23. The van der Waals surface area contributed by atoms with Crippen molar-refractivity contribution in [1.29, 1.82) is 0 Å². The molecule has 0 radical (unpaired) electrons. The summed E-state index contributed by atoms with van der Waals surface area (Å²) in [5, 5.41) is 0. The second kappa shape index (κ2) is 4.72. The molecule has 2 aliphatic rings. The normalized spacial score (nSPS) is 20.4. The van der Waals surface area contributed by atoms with Crippen LogP contribution in [0.4, 0.5) is 4.79 Å². The monoisotopic (exact) mass is 288 g/mol. The molecule has 4 heteroatoms. The van der Waals surface area contributed by atoms with Gasteiger partial charge in [0.25, 0.3) is 0 Å². The van der Waals surface area contributed by atoms with E-state index in [-0.39, 0.29) is 12.1 Å². The van der Waals surface area contributed by atoms with Crippen LogP contribution in [-0.4, -0.2) is 21.6 Å². The summed E-state index contributed by atoms with van der Waals surface area (Å²) in [6.45, 7) is 10.6. The lowest BCUT2D eigenvalue weighted by molar-refractivity contribution is 0.0158. The summed E-state index contributed by atoms with van der Waals surface area (Å²) in [6, 6.07) is 0.158. The van der Waals surface area contributed by atoms with Gasteiger partial charge in [-0.3, -0.25) is 9.88 Å². The molecule has 0 aromatic carbocycles. The topological polar surface area (TPSA) is 42.4 Å². The summed E-state index contributed by atoms with van der Waals surface area (Å²) in [7, 11) is 0. The molecule has 1 aromatic rings. The first-order valence-corrected chi connectivity index (χ1v) is 7.76. The number of carbonyl (C=O) groups is 1. The Hall–Kier alpha value is -1.58. The molecule has 1 aliphatic carbocycles. The Morgan fingerprint density at radius 2 is 2.05 bits per heavy atom. The van der Waals surface area contributed by atoms with Gasteiger partial charge in [0, 0.05) is 17.0 Å². The maximum absolute atomic E-state index is 12.5. The van der Waals surface area contributed by atoms with Crippen LogP contribution in [0.15, 0.2) is 0 Å². The lowest BCUT2D eigenvalue weighted by Gasteiger charge is -2.30. The van der Waals surface area contributed by atoms with Gasteiger partial charge in [-0.1, -0.05) is 0 Å². The van der Waals surface area contributed by atoms with Gasteiger partial charge in [0.15, 0.2) is 0 Å². The fourth-order valence-electron chi connectivity index (χ4n) is 3.44.